The number of quaternary nitrogens is 1. The first-order valence-electron chi connectivity index (χ1n) is 8.87. The second-order valence-corrected chi connectivity index (χ2v) is 7.09. The number of piperidine rings is 3. The molecule has 5 heterocycles. The zero-order chi connectivity index (χ0) is 17.2. The third-order valence-electron chi connectivity index (χ3n) is 5.56. The van der Waals surface area contributed by atoms with Crippen molar-refractivity contribution in [2.75, 3.05) is 13.1 Å². The molecule has 3 saturated heterocycles. The van der Waals surface area contributed by atoms with Gasteiger partial charge in [0.1, 0.15) is 17.5 Å². The summed E-state index contributed by atoms with van der Waals surface area (Å²) in [5, 5.41) is 20.1. The molecule has 3 aliphatic heterocycles. The van der Waals surface area contributed by atoms with Crippen molar-refractivity contribution in [3.05, 3.63) is 36.0 Å². The second kappa shape index (κ2) is 6.97. The molecule has 5 rings (SSSR count). The lowest BCUT2D eigenvalue weighted by Crippen LogP contribution is -3.20. The lowest BCUT2D eigenvalue weighted by molar-refractivity contribution is -0.945. The van der Waals surface area contributed by atoms with Gasteiger partial charge in [-0.2, -0.15) is 0 Å². The minimum atomic E-state index is -0.0816. The number of hydrogen-bond donors (Lipinski definition) is 3. The van der Waals surface area contributed by atoms with Crippen molar-refractivity contribution in [1.82, 2.24) is 20.3 Å². The molecule has 25 heavy (non-hydrogen) atoms. The van der Waals surface area contributed by atoms with Gasteiger partial charge in [0, 0.05) is 12.8 Å². The van der Waals surface area contributed by atoms with E-state index >= 15 is 0 Å². The van der Waals surface area contributed by atoms with Crippen LogP contribution in [0.5, 0.6) is 0 Å². The molecule has 3 fully saturated rings. The summed E-state index contributed by atoms with van der Waals surface area (Å²) in [5.41, 5.74) is 0.598. The van der Waals surface area contributed by atoms with E-state index in [9.17, 15) is 4.79 Å². The summed E-state index contributed by atoms with van der Waals surface area (Å²) < 4.78 is 7.09. The van der Waals surface area contributed by atoms with E-state index < -0.39 is 0 Å². The molecule has 2 bridgehead atoms. The lowest BCUT2D eigenvalue weighted by atomic mass is 9.75. The number of aromatic nitrogens is 3. The van der Waals surface area contributed by atoms with E-state index in [0.717, 1.165) is 38.2 Å². The molecular formula is C17H24N5O3+. The van der Waals surface area contributed by atoms with E-state index in [-0.39, 0.29) is 18.4 Å². The van der Waals surface area contributed by atoms with Gasteiger partial charge in [0.15, 0.2) is 0 Å². The molecule has 2 aromatic heterocycles. The van der Waals surface area contributed by atoms with Crippen molar-refractivity contribution >= 4 is 5.91 Å². The monoisotopic (exact) mass is 346 g/mol. The van der Waals surface area contributed by atoms with Gasteiger partial charge < -0.3 is 19.7 Å². The van der Waals surface area contributed by atoms with Crippen LogP contribution < -0.4 is 10.2 Å². The molecule has 134 valence electrons. The van der Waals surface area contributed by atoms with E-state index in [1.165, 1.54) is 4.90 Å². The number of carbonyl (C=O) groups is 1. The molecule has 8 nitrogen and oxygen atoms in total. The number of hydrogen-bond acceptors (Lipinski definition) is 5. The molecule has 3 N–H and O–H groups in total. The second-order valence-electron chi connectivity index (χ2n) is 7.09. The SMILES string of the molecule is O=C(NCc1ccco1)[C@H]1C[NH+]2CC[C@H]1C[C@@H]2Cn1cc(CO)nn1. The normalized spacial score (nSPS) is 28.2. The predicted molar refractivity (Wildman–Crippen MR) is 87.2 cm³/mol. The highest BCUT2D eigenvalue weighted by Gasteiger charge is 2.46. The Morgan fingerprint density at radius 3 is 3.12 bits per heavy atom. The molecule has 4 atom stereocenters. The molecule has 2 aromatic rings. The number of amides is 1. The van der Waals surface area contributed by atoms with E-state index in [2.05, 4.69) is 15.6 Å². The molecule has 0 aliphatic carbocycles. The maximum atomic E-state index is 12.6. The summed E-state index contributed by atoms with van der Waals surface area (Å²) in [6, 6.07) is 4.16. The van der Waals surface area contributed by atoms with Crippen molar-refractivity contribution in [1.29, 1.82) is 0 Å². The molecule has 3 aliphatic rings. The van der Waals surface area contributed by atoms with Crippen LogP contribution in [-0.4, -0.2) is 45.1 Å². The van der Waals surface area contributed by atoms with Crippen molar-refractivity contribution in [2.24, 2.45) is 11.8 Å². The summed E-state index contributed by atoms with van der Waals surface area (Å²) in [7, 11) is 0. The van der Waals surface area contributed by atoms with Gasteiger partial charge in [-0.25, -0.2) is 4.68 Å². The Bertz CT molecular complexity index is 714. The maximum Gasteiger partial charge on any atom is 0.229 e. The minimum absolute atomic E-state index is 0.0816. The average molecular weight is 346 g/mol. The number of nitrogens with zero attached hydrogens (tertiary/aromatic N) is 3. The smallest absolute Gasteiger partial charge is 0.229 e. The molecule has 8 heteroatoms. The van der Waals surface area contributed by atoms with Crippen LogP contribution in [0.3, 0.4) is 0 Å². The topological polar surface area (TPSA) is 97.6 Å². The average Bonchev–Trinajstić information content (AvgIpc) is 3.32. The fraction of sp³-hybridized carbons (Fsp3) is 0.588. The zero-order valence-corrected chi connectivity index (χ0v) is 14.1. The van der Waals surface area contributed by atoms with Crippen molar-refractivity contribution < 1.29 is 19.2 Å². The van der Waals surface area contributed by atoms with Crippen LogP contribution >= 0.6 is 0 Å². The van der Waals surface area contributed by atoms with E-state index in [0.29, 0.717) is 24.2 Å². The molecule has 0 saturated carbocycles. The van der Waals surface area contributed by atoms with Gasteiger partial charge in [0.25, 0.3) is 0 Å². The summed E-state index contributed by atoms with van der Waals surface area (Å²) in [6.45, 7) is 3.15. The number of aliphatic hydroxyl groups excluding tert-OH is 1. The van der Waals surface area contributed by atoms with Crippen LogP contribution in [0.15, 0.2) is 29.0 Å². The quantitative estimate of drug-likeness (QED) is 0.622. The summed E-state index contributed by atoms with van der Waals surface area (Å²) >= 11 is 0. The summed E-state index contributed by atoms with van der Waals surface area (Å²) in [5.74, 6) is 1.43. The van der Waals surface area contributed by atoms with Gasteiger partial charge in [-0.1, -0.05) is 5.21 Å². The standard InChI is InChI=1S/C17H23N5O3/c23-11-13-8-22(20-19-13)9-14-6-12-3-4-21(14)10-16(12)17(24)18-7-15-2-1-5-25-15/h1-2,5,8,12,14,16,23H,3-4,6-7,9-11H2,(H,18,24)/p+1/t12-,14+,16-/m0/s1. The Hall–Kier alpha value is -2.19. The Morgan fingerprint density at radius 2 is 2.44 bits per heavy atom. The van der Waals surface area contributed by atoms with Gasteiger partial charge >= 0.3 is 0 Å². The summed E-state index contributed by atoms with van der Waals surface area (Å²) in [6.07, 6.45) is 5.56. The van der Waals surface area contributed by atoms with Gasteiger partial charge in [0.2, 0.25) is 5.91 Å². The third kappa shape index (κ3) is 3.45. The highest BCUT2D eigenvalue weighted by atomic mass is 16.3. The Labute approximate surface area is 145 Å². The van der Waals surface area contributed by atoms with Crippen LogP contribution in [0, 0.1) is 11.8 Å². The fourth-order valence-corrected chi connectivity index (χ4v) is 4.26. The molecule has 1 unspecified atom stereocenters. The third-order valence-corrected chi connectivity index (χ3v) is 5.56. The number of fused-ring (bicyclic) bond motifs is 3. The fourth-order valence-electron chi connectivity index (χ4n) is 4.26. The maximum absolute atomic E-state index is 12.6. The number of aliphatic hydroxyl groups is 1. The first kappa shape index (κ1) is 16.3. The number of rotatable bonds is 6. The Kier molecular flexibility index (Phi) is 4.54. The number of carbonyl (C=O) groups excluding carboxylic acids is 1. The molecule has 0 aromatic carbocycles. The molecule has 0 spiro atoms. The van der Waals surface area contributed by atoms with E-state index in [1.807, 2.05) is 16.8 Å². The van der Waals surface area contributed by atoms with Crippen LogP contribution in [0.2, 0.25) is 0 Å². The van der Waals surface area contributed by atoms with Crippen LogP contribution in [0.25, 0.3) is 0 Å². The highest BCUT2D eigenvalue weighted by molar-refractivity contribution is 5.79. The van der Waals surface area contributed by atoms with Crippen LogP contribution in [0.1, 0.15) is 24.3 Å². The van der Waals surface area contributed by atoms with Crippen LogP contribution in [0.4, 0.5) is 0 Å². The number of nitrogens with one attached hydrogen (secondary N) is 2. The van der Waals surface area contributed by atoms with Crippen molar-refractivity contribution in [3.63, 3.8) is 0 Å². The van der Waals surface area contributed by atoms with Gasteiger partial charge in [-0.05, 0) is 18.1 Å². The van der Waals surface area contributed by atoms with Gasteiger partial charge in [0.05, 0.1) is 51.2 Å². The first-order chi connectivity index (χ1) is 12.2. The highest BCUT2D eigenvalue weighted by Crippen LogP contribution is 2.27. The Balaban J connectivity index is 1.34. The zero-order valence-electron chi connectivity index (χ0n) is 14.1. The van der Waals surface area contributed by atoms with Crippen molar-refractivity contribution in [2.45, 2.75) is 38.6 Å². The molecule has 0 radical (unpaired) electrons. The molecule has 1 amide bonds. The minimum Gasteiger partial charge on any atom is -0.467 e. The van der Waals surface area contributed by atoms with E-state index in [4.69, 9.17) is 9.52 Å². The largest absolute Gasteiger partial charge is 0.467 e. The van der Waals surface area contributed by atoms with Crippen molar-refractivity contribution in [3.8, 4) is 0 Å². The summed E-state index contributed by atoms with van der Waals surface area (Å²) in [4.78, 5) is 14.0. The predicted octanol–water partition coefficient (Wildman–Crippen LogP) is -1.03. The molecular weight excluding hydrogens is 322 g/mol. The Morgan fingerprint density at radius 1 is 1.52 bits per heavy atom. The van der Waals surface area contributed by atoms with Gasteiger partial charge in [-0.3, -0.25) is 4.79 Å². The van der Waals surface area contributed by atoms with Crippen LogP contribution in [-0.2, 0) is 24.5 Å². The first-order valence-corrected chi connectivity index (χ1v) is 8.87. The lowest BCUT2D eigenvalue weighted by Gasteiger charge is -2.46. The van der Waals surface area contributed by atoms with E-state index in [1.54, 1.807) is 12.5 Å². The van der Waals surface area contributed by atoms with Gasteiger partial charge in [-0.15, -0.1) is 5.10 Å². The number of furan rings is 1.